The normalized spacial score (nSPS) is 11.3. The molecule has 0 amide bonds. The highest BCUT2D eigenvalue weighted by Crippen LogP contribution is 2.23. The van der Waals surface area contributed by atoms with Crippen LogP contribution in [0.1, 0.15) is 11.1 Å². The predicted molar refractivity (Wildman–Crippen MR) is 104 cm³/mol. The van der Waals surface area contributed by atoms with Gasteiger partial charge in [-0.2, -0.15) is 0 Å². The van der Waals surface area contributed by atoms with Gasteiger partial charge in [0.15, 0.2) is 9.84 Å². The average Bonchev–Trinajstić information content (AvgIpc) is 2.67. The van der Waals surface area contributed by atoms with Crippen LogP contribution in [0.25, 0.3) is 11.1 Å². The van der Waals surface area contributed by atoms with Gasteiger partial charge in [-0.3, -0.25) is 0 Å². The Kier molecular flexibility index (Phi) is 5.91. The van der Waals surface area contributed by atoms with Gasteiger partial charge in [0.2, 0.25) is 0 Å². The Hall–Kier alpha value is -2.67. The van der Waals surface area contributed by atoms with E-state index in [1.807, 2.05) is 60.7 Å². The molecule has 0 spiro atoms. The number of hydrogen-bond acceptors (Lipinski definition) is 5. The van der Waals surface area contributed by atoms with E-state index in [0.717, 1.165) is 28.0 Å². The van der Waals surface area contributed by atoms with E-state index in [1.165, 1.54) is 6.26 Å². The van der Waals surface area contributed by atoms with Crippen molar-refractivity contribution < 1.29 is 18.4 Å². The van der Waals surface area contributed by atoms with Crippen molar-refractivity contribution in [3.63, 3.8) is 0 Å². The number of hydrogen-bond donors (Lipinski definition) is 2. The lowest BCUT2D eigenvalue weighted by Crippen LogP contribution is -2.05. The Morgan fingerprint density at radius 1 is 0.889 bits per heavy atom. The van der Waals surface area contributed by atoms with Crippen molar-refractivity contribution in [1.82, 2.24) is 5.48 Å². The molecule has 0 heterocycles. The van der Waals surface area contributed by atoms with Crippen molar-refractivity contribution >= 4 is 9.84 Å². The maximum Gasteiger partial charge on any atom is 0.175 e. The molecule has 0 atom stereocenters. The second-order valence-corrected chi connectivity index (χ2v) is 8.28. The fourth-order valence-corrected chi connectivity index (χ4v) is 3.33. The average molecular weight is 383 g/mol. The lowest BCUT2D eigenvalue weighted by molar-refractivity contribution is 0.161. The van der Waals surface area contributed by atoms with E-state index in [2.05, 4.69) is 5.48 Å². The minimum absolute atomic E-state index is 0.311. The fraction of sp³-hybridized carbons (Fsp3) is 0.143. The van der Waals surface area contributed by atoms with Crippen LogP contribution >= 0.6 is 0 Å². The van der Waals surface area contributed by atoms with Gasteiger partial charge in [0, 0.05) is 12.8 Å². The fourth-order valence-electron chi connectivity index (χ4n) is 2.70. The summed E-state index contributed by atoms with van der Waals surface area (Å²) >= 11 is 0. The summed E-state index contributed by atoms with van der Waals surface area (Å²) in [6.45, 7) is 0.813. The molecule has 0 bridgehead atoms. The van der Waals surface area contributed by atoms with Gasteiger partial charge in [-0.15, -0.1) is 0 Å². The zero-order chi connectivity index (χ0) is 19.3. The Balaban J connectivity index is 1.70. The number of ether oxygens (including phenoxy) is 1. The molecule has 0 aromatic heterocycles. The minimum Gasteiger partial charge on any atom is -0.489 e. The number of nitrogens with one attached hydrogen (secondary N) is 1. The van der Waals surface area contributed by atoms with Crippen molar-refractivity contribution in [3.05, 3.63) is 83.9 Å². The smallest absolute Gasteiger partial charge is 0.175 e. The Morgan fingerprint density at radius 3 is 2.22 bits per heavy atom. The van der Waals surface area contributed by atoms with Crippen LogP contribution in [-0.4, -0.2) is 19.9 Å². The first-order chi connectivity index (χ1) is 13.0. The van der Waals surface area contributed by atoms with Crippen LogP contribution in [-0.2, 0) is 23.0 Å². The topological polar surface area (TPSA) is 75.6 Å². The molecule has 3 aromatic rings. The monoisotopic (exact) mass is 383 g/mol. The third-order valence-corrected chi connectivity index (χ3v) is 5.28. The number of sulfone groups is 1. The summed E-state index contributed by atoms with van der Waals surface area (Å²) in [5, 5.41) is 8.70. The van der Waals surface area contributed by atoms with Crippen LogP contribution in [0.3, 0.4) is 0 Å². The molecule has 3 aromatic carbocycles. The molecule has 0 unspecified atom stereocenters. The summed E-state index contributed by atoms with van der Waals surface area (Å²) in [4.78, 5) is 0.311. The maximum atomic E-state index is 11.6. The third-order valence-electron chi connectivity index (χ3n) is 4.15. The van der Waals surface area contributed by atoms with Crippen LogP contribution < -0.4 is 10.2 Å². The molecule has 0 saturated carbocycles. The van der Waals surface area contributed by atoms with Crippen LogP contribution in [0.5, 0.6) is 5.75 Å². The first-order valence-corrected chi connectivity index (χ1v) is 10.3. The first kappa shape index (κ1) is 19.1. The molecule has 0 fully saturated rings. The summed E-state index contributed by atoms with van der Waals surface area (Å²) in [7, 11) is -3.19. The largest absolute Gasteiger partial charge is 0.489 e. The molecule has 0 aliphatic heterocycles. The van der Waals surface area contributed by atoms with Crippen LogP contribution in [0.4, 0.5) is 0 Å². The summed E-state index contributed by atoms with van der Waals surface area (Å²) in [5.41, 5.74) is 6.05. The molecule has 0 radical (unpaired) electrons. The van der Waals surface area contributed by atoms with Gasteiger partial charge in [-0.05, 0) is 52.6 Å². The first-order valence-electron chi connectivity index (χ1n) is 8.44. The highest BCUT2D eigenvalue weighted by molar-refractivity contribution is 7.90. The molecule has 2 N–H and O–H groups in total. The molecule has 5 nitrogen and oxygen atoms in total. The SMILES string of the molecule is CS(=O)(=O)c1ccc(-c2cccc(COc3ccc(CNO)cc3)c2)cc1. The summed E-state index contributed by atoms with van der Waals surface area (Å²) < 4.78 is 29.0. The highest BCUT2D eigenvalue weighted by Gasteiger charge is 2.07. The molecule has 27 heavy (non-hydrogen) atoms. The van der Waals surface area contributed by atoms with Crippen molar-refractivity contribution in [1.29, 1.82) is 0 Å². The van der Waals surface area contributed by atoms with E-state index in [-0.39, 0.29) is 0 Å². The lowest BCUT2D eigenvalue weighted by Gasteiger charge is -2.09. The minimum atomic E-state index is -3.19. The zero-order valence-electron chi connectivity index (χ0n) is 14.9. The van der Waals surface area contributed by atoms with E-state index >= 15 is 0 Å². The number of hydroxylamine groups is 1. The quantitative estimate of drug-likeness (QED) is 0.607. The molecule has 0 aliphatic rings. The molecule has 0 aliphatic carbocycles. The van der Waals surface area contributed by atoms with Crippen molar-refractivity contribution in [2.75, 3.05) is 6.26 Å². The van der Waals surface area contributed by atoms with Gasteiger partial charge in [-0.1, -0.05) is 42.5 Å². The van der Waals surface area contributed by atoms with E-state index in [9.17, 15) is 8.42 Å². The Bertz CT molecular complexity index is 997. The van der Waals surface area contributed by atoms with E-state index in [1.54, 1.807) is 12.1 Å². The van der Waals surface area contributed by atoms with Crippen molar-refractivity contribution in [2.24, 2.45) is 0 Å². The molecule has 0 saturated heterocycles. The van der Waals surface area contributed by atoms with Gasteiger partial charge in [0.05, 0.1) is 4.90 Å². The van der Waals surface area contributed by atoms with Crippen LogP contribution in [0.2, 0.25) is 0 Å². The molecule has 140 valence electrons. The third kappa shape index (κ3) is 5.17. The predicted octanol–water partition coefficient (Wildman–Crippen LogP) is 3.81. The highest BCUT2D eigenvalue weighted by atomic mass is 32.2. The van der Waals surface area contributed by atoms with E-state index in [0.29, 0.717) is 18.0 Å². The van der Waals surface area contributed by atoms with Crippen LogP contribution in [0, 0.1) is 0 Å². The van der Waals surface area contributed by atoms with Crippen molar-refractivity contribution in [2.45, 2.75) is 18.0 Å². The molecule has 3 rings (SSSR count). The number of benzene rings is 3. The van der Waals surface area contributed by atoms with E-state index in [4.69, 9.17) is 9.94 Å². The number of rotatable bonds is 7. The lowest BCUT2D eigenvalue weighted by atomic mass is 10.0. The van der Waals surface area contributed by atoms with Gasteiger partial charge in [-0.25, -0.2) is 13.9 Å². The van der Waals surface area contributed by atoms with Gasteiger partial charge in [0.25, 0.3) is 0 Å². The van der Waals surface area contributed by atoms with Gasteiger partial charge < -0.3 is 9.94 Å². The molecular formula is C21H21NO4S. The summed E-state index contributed by atoms with van der Waals surface area (Å²) in [6, 6.07) is 22.3. The van der Waals surface area contributed by atoms with Crippen molar-refractivity contribution in [3.8, 4) is 16.9 Å². The van der Waals surface area contributed by atoms with Gasteiger partial charge in [0.1, 0.15) is 12.4 Å². The standard InChI is InChI=1S/C21H21NO4S/c1-27(24,25)21-11-7-18(8-12-21)19-4-2-3-17(13-19)15-26-20-9-5-16(6-10-20)14-22-23/h2-13,22-23H,14-15H2,1H3. The summed E-state index contributed by atoms with van der Waals surface area (Å²) in [5.74, 6) is 0.750. The summed E-state index contributed by atoms with van der Waals surface area (Å²) in [6.07, 6.45) is 1.20. The van der Waals surface area contributed by atoms with Gasteiger partial charge >= 0.3 is 0 Å². The molecular weight excluding hydrogens is 362 g/mol. The Labute approximate surface area is 159 Å². The second kappa shape index (κ2) is 8.35. The molecule has 6 heteroatoms. The van der Waals surface area contributed by atoms with Crippen LogP contribution in [0.15, 0.2) is 77.7 Å². The Morgan fingerprint density at radius 2 is 1.59 bits per heavy atom. The second-order valence-electron chi connectivity index (χ2n) is 6.26. The van der Waals surface area contributed by atoms with E-state index < -0.39 is 9.84 Å². The maximum absolute atomic E-state index is 11.6. The zero-order valence-corrected chi connectivity index (χ0v) is 15.7.